The average molecular weight is 389 g/mol. The zero-order valence-electron chi connectivity index (χ0n) is 15.5. The molecule has 0 bridgehead atoms. The van der Waals surface area contributed by atoms with Gasteiger partial charge in [0.2, 0.25) is 10.0 Å². The van der Waals surface area contributed by atoms with Crippen LogP contribution in [0.3, 0.4) is 0 Å². The number of hydrogen-bond acceptors (Lipinski definition) is 6. The van der Waals surface area contributed by atoms with E-state index in [1.165, 1.54) is 17.6 Å². The lowest BCUT2D eigenvalue weighted by molar-refractivity contribution is 0.0600. The summed E-state index contributed by atoms with van der Waals surface area (Å²) in [6, 6.07) is 10.5. The van der Waals surface area contributed by atoms with Crippen LogP contribution in [-0.4, -0.2) is 50.9 Å². The SMILES string of the molecule is COC(=O)c1ccc(CN(C)c2ccc(S(=O)(=O)N3CCCC3)cn2)cc1. The molecule has 2 heterocycles. The number of rotatable bonds is 6. The largest absolute Gasteiger partial charge is 0.465 e. The van der Waals surface area contributed by atoms with Gasteiger partial charge in [-0.25, -0.2) is 18.2 Å². The lowest BCUT2D eigenvalue weighted by Crippen LogP contribution is -2.28. The average Bonchev–Trinajstić information content (AvgIpc) is 3.24. The third-order valence-electron chi connectivity index (χ3n) is 4.61. The van der Waals surface area contributed by atoms with Crippen LogP contribution in [-0.2, 0) is 21.3 Å². The molecule has 7 nitrogen and oxygen atoms in total. The molecule has 1 aliphatic heterocycles. The molecule has 1 aromatic heterocycles. The molecule has 0 radical (unpaired) electrons. The number of sulfonamides is 1. The van der Waals surface area contributed by atoms with E-state index >= 15 is 0 Å². The molecule has 1 aliphatic rings. The number of hydrogen-bond donors (Lipinski definition) is 0. The fourth-order valence-electron chi connectivity index (χ4n) is 3.05. The first-order valence-corrected chi connectivity index (χ1v) is 10.2. The van der Waals surface area contributed by atoms with Crippen LogP contribution in [0.5, 0.6) is 0 Å². The van der Waals surface area contributed by atoms with E-state index in [4.69, 9.17) is 4.74 Å². The first-order chi connectivity index (χ1) is 12.9. The molecule has 0 spiro atoms. The van der Waals surface area contributed by atoms with Gasteiger partial charge in [0, 0.05) is 32.9 Å². The second-order valence-electron chi connectivity index (χ2n) is 6.51. The number of esters is 1. The van der Waals surface area contributed by atoms with Crippen LogP contribution < -0.4 is 4.90 Å². The van der Waals surface area contributed by atoms with Crippen molar-refractivity contribution in [2.24, 2.45) is 0 Å². The Kier molecular flexibility index (Phi) is 5.76. The summed E-state index contributed by atoms with van der Waals surface area (Å²) in [7, 11) is -0.216. The summed E-state index contributed by atoms with van der Waals surface area (Å²) in [6.07, 6.45) is 3.23. The Morgan fingerprint density at radius 2 is 1.81 bits per heavy atom. The summed E-state index contributed by atoms with van der Waals surface area (Å²) in [5, 5.41) is 0. The Morgan fingerprint density at radius 3 is 2.37 bits per heavy atom. The molecule has 1 saturated heterocycles. The second kappa shape index (κ2) is 8.06. The number of methoxy groups -OCH3 is 1. The number of anilines is 1. The molecule has 0 unspecified atom stereocenters. The van der Waals surface area contributed by atoms with E-state index in [1.807, 2.05) is 24.1 Å². The quantitative estimate of drug-likeness (QED) is 0.705. The summed E-state index contributed by atoms with van der Waals surface area (Å²) in [4.78, 5) is 17.9. The predicted octanol–water partition coefficient (Wildman–Crippen LogP) is 2.29. The van der Waals surface area contributed by atoms with E-state index in [1.54, 1.807) is 24.3 Å². The van der Waals surface area contributed by atoms with E-state index < -0.39 is 10.0 Å². The molecular formula is C19H23N3O4S. The third kappa shape index (κ3) is 4.28. The Balaban J connectivity index is 1.68. The third-order valence-corrected chi connectivity index (χ3v) is 6.49. The van der Waals surface area contributed by atoms with Gasteiger partial charge in [0.1, 0.15) is 10.7 Å². The topological polar surface area (TPSA) is 79.8 Å². The first-order valence-electron chi connectivity index (χ1n) is 8.76. The number of pyridine rings is 1. The summed E-state index contributed by atoms with van der Waals surface area (Å²) >= 11 is 0. The Bertz CT molecular complexity index is 890. The fourth-order valence-corrected chi connectivity index (χ4v) is 4.51. The van der Waals surface area contributed by atoms with E-state index in [0.717, 1.165) is 18.4 Å². The lowest BCUT2D eigenvalue weighted by Gasteiger charge is -2.19. The van der Waals surface area contributed by atoms with Crippen LogP contribution in [0.2, 0.25) is 0 Å². The van der Waals surface area contributed by atoms with Gasteiger partial charge in [0.25, 0.3) is 0 Å². The molecule has 1 fully saturated rings. The predicted molar refractivity (Wildman–Crippen MR) is 102 cm³/mol. The summed E-state index contributed by atoms with van der Waals surface area (Å²) in [6.45, 7) is 1.73. The van der Waals surface area contributed by atoms with Crippen molar-refractivity contribution in [2.75, 3.05) is 32.1 Å². The number of carbonyl (C=O) groups excluding carboxylic acids is 1. The van der Waals surface area contributed by atoms with Crippen molar-refractivity contribution in [3.8, 4) is 0 Å². The van der Waals surface area contributed by atoms with Gasteiger partial charge in [-0.2, -0.15) is 4.31 Å². The minimum absolute atomic E-state index is 0.226. The molecule has 27 heavy (non-hydrogen) atoms. The minimum atomic E-state index is -3.45. The maximum absolute atomic E-state index is 12.6. The van der Waals surface area contributed by atoms with Crippen molar-refractivity contribution in [1.82, 2.24) is 9.29 Å². The second-order valence-corrected chi connectivity index (χ2v) is 8.45. The molecular weight excluding hydrogens is 366 g/mol. The molecule has 8 heteroatoms. The Labute approximate surface area is 159 Å². The number of benzene rings is 1. The lowest BCUT2D eigenvalue weighted by atomic mass is 10.1. The van der Waals surface area contributed by atoms with Crippen molar-refractivity contribution in [3.05, 3.63) is 53.7 Å². The zero-order chi connectivity index (χ0) is 19.4. The summed E-state index contributed by atoms with van der Waals surface area (Å²) < 4.78 is 31.3. The maximum Gasteiger partial charge on any atom is 0.337 e. The molecule has 0 amide bonds. The van der Waals surface area contributed by atoms with Gasteiger partial charge in [-0.3, -0.25) is 0 Å². The Hall–Kier alpha value is -2.45. The molecule has 0 N–H and O–H groups in total. The zero-order valence-corrected chi connectivity index (χ0v) is 16.3. The van der Waals surface area contributed by atoms with E-state index in [-0.39, 0.29) is 10.9 Å². The van der Waals surface area contributed by atoms with Crippen molar-refractivity contribution >= 4 is 21.8 Å². The van der Waals surface area contributed by atoms with Gasteiger partial charge in [-0.1, -0.05) is 12.1 Å². The number of nitrogens with zero attached hydrogens (tertiary/aromatic N) is 3. The number of ether oxygens (including phenoxy) is 1. The minimum Gasteiger partial charge on any atom is -0.465 e. The first kappa shape index (κ1) is 19.3. The smallest absolute Gasteiger partial charge is 0.337 e. The van der Waals surface area contributed by atoms with Gasteiger partial charge < -0.3 is 9.64 Å². The normalized spacial score (nSPS) is 14.9. The highest BCUT2D eigenvalue weighted by atomic mass is 32.2. The molecule has 2 aromatic rings. The van der Waals surface area contributed by atoms with Crippen LogP contribution in [0.1, 0.15) is 28.8 Å². The van der Waals surface area contributed by atoms with Gasteiger partial charge in [0.15, 0.2) is 0 Å². The number of aromatic nitrogens is 1. The Morgan fingerprint density at radius 1 is 1.15 bits per heavy atom. The molecule has 0 aliphatic carbocycles. The van der Waals surface area contributed by atoms with Gasteiger partial charge in [-0.15, -0.1) is 0 Å². The van der Waals surface area contributed by atoms with Gasteiger partial charge in [0.05, 0.1) is 12.7 Å². The molecule has 3 rings (SSSR count). The van der Waals surface area contributed by atoms with Crippen molar-refractivity contribution in [3.63, 3.8) is 0 Å². The van der Waals surface area contributed by atoms with Crippen LogP contribution >= 0.6 is 0 Å². The highest BCUT2D eigenvalue weighted by Crippen LogP contribution is 2.22. The van der Waals surface area contributed by atoms with Crippen molar-refractivity contribution < 1.29 is 17.9 Å². The molecule has 1 aromatic carbocycles. The van der Waals surface area contributed by atoms with Crippen molar-refractivity contribution in [1.29, 1.82) is 0 Å². The van der Waals surface area contributed by atoms with Crippen molar-refractivity contribution in [2.45, 2.75) is 24.3 Å². The maximum atomic E-state index is 12.6. The van der Waals surface area contributed by atoms with E-state index in [9.17, 15) is 13.2 Å². The highest BCUT2D eigenvalue weighted by molar-refractivity contribution is 7.89. The monoisotopic (exact) mass is 389 g/mol. The van der Waals surface area contributed by atoms with Gasteiger partial charge >= 0.3 is 5.97 Å². The van der Waals surface area contributed by atoms with Crippen LogP contribution in [0.4, 0.5) is 5.82 Å². The fraction of sp³-hybridized carbons (Fsp3) is 0.368. The van der Waals surface area contributed by atoms with Crippen LogP contribution in [0, 0.1) is 0 Å². The number of carbonyl (C=O) groups is 1. The highest BCUT2D eigenvalue weighted by Gasteiger charge is 2.27. The van der Waals surface area contributed by atoms with Gasteiger partial charge in [-0.05, 0) is 42.7 Å². The molecule has 144 valence electrons. The molecule has 0 saturated carbocycles. The van der Waals surface area contributed by atoms with Crippen LogP contribution in [0.25, 0.3) is 0 Å². The molecule has 0 atom stereocenters. The van der Waals surface area contributed by atoms with E-state index in [0.29, 0.717) is 31.0 Å². The van der Waals surface area contributed by atoms with E-state index in [2.05, 4.69) is 4.98 Å². The van der Waals surface area contributed by atoms with Crippen LogP contribution in [0.15, 0.2) is 47.5 Å². The summed E-state index contributed by atoms with van der Waals surface area (Å²) in [5.41, 5.74) is 1.50. The standard InChI is InChI=1S/C19H23N3O4S/c1-21(14-15-5-7-16(8-6-15)19(23)26-2)18-10-9-17(13-20-18)27(24,25)22-11-3-4-12-22/h5-10,13H,3-4,11-12,14H2,1-2H3. The summed E-state index contributed by atoms with van der Waals surface area (Å²) in [5.74, 6) is 0.304.